The number of aliphatic hydroxyl groups is 1. The number of phenols is 1. The molecule has 5 nitrogen and oxygen atoms in total. The Balaban J connectivity index is 1.71. The number of anilines is 3. The molecular weight excluding hydrogens is 362 g/mol. The van der Waals surface area contributed by atoms with E-state index in [0.717, 1.165) is 33.8 Å². The van der Waals surface area contributed by atoms with Crippen LogP contribution in [0.5, 0.6) is 5.75 Å². The first-order valence-electron chi connectivity index (χ1n) is 9.73. The van der Waals surface area contributed by atoms with Gasteiger partial charge in [0.05, 0.1) is 18.0 Å². The van der Waals surface area contributed by atoms with Gasteiger partial charge in [-0.1, -0.05) is 42.5 Å². The van der Waals surface area contributed by atoms with Gasteiger partial charge in [-0.05, 0) is 54.8 Å². The standard InChI is InChI=1S/C24H23N3O2/c1-15-6-5-7-16(2)21(15)27-14-26-20-9-4-3-8-19(20)25-24(26)23(29)22(27)17-10-12-18(28)13-11-17/h3-13,22,25,28-29H,14H2,1-2H3/t22-/m1/s1. The van der Waals surface area contributed by atoms with Gasteiger partial charge in [-0.15, -0.1) is 0 Å². The number of aliphatic hydroxyl groups excluding tert-OH is 1. The lowest BCUT2D eigenvalue weighted by Gasteiger charge is -2.43. The van der Waals surface area contributed by atoms with Crippen molar-refractivity contribution in [1.82, 2.24) is 0 Å². The molecular formula is C24H23N3O2. The van der Waals surface area contributed by atoms with E-state index < -0.39 is 0 Å². The fourth-order valence-corrected chi connectivity index (χ4v) is 4.44. The second-order valence-corrected chi connectivity index (χ2v) is 7.65. The van der Waals surface area contributed by atoms with Gasteiger partial charge in [-0.2, -0.15) is 0 Å². The number of hydrogen-bond acceptors (Lipinski definition) is 5. The number of aryl methyl sites for hydroxylation is 2. The Hall–Kier alpha value is -3.60. The number of benzene rings is 3. The van der Waals surface area contributed by atoms with E-state index in [9.17, 15) is 10.2 Å². The Labute approximate surface area is 170 Å². The van der Waals surface area contributed by atoms with Crippen LogP contribution in [-0.4, -0.2) is 16.9 Å². The number of hydrogen-bond donors (Lipinski definition) is 3. The van der Waals surface area contributed by atoms with Crippen LogP contribution in [-0.2, 0) is 0 Å². The van der Waals surface area contributed by atoms with E-state index in [0.29, 0.717) is 12.5 Å². The highest BCUT2D eigenvalue weighted by Crippen LogP contribution is 2.46. The van der Waals surface area contributed by atoms with Gasteiger partial charge in [-0.25, -0.2) is 0 Å². The van der Waals surface area contributed by atoms with Gasteiger partial charge in [0.2, 0.25) is 0 Å². The van der Waals surface area contributed by atoms with Crippen LogP contribution in [0.3, 0.4) is 0 Å². The molecule has 2 aliphatic rings. The molecule has 3 N–H and O–H groups in total. The van der Waals surface area contributed by atoms with Crippen molar-refractivity contribution in [2.45, 2.75) is 19.9 Å². The van der Waals surface area contributed by atoms with Gasteiger partial charge in [-0.3, -0.25) is 0 Å². The quantitative estimate of drug-likeness (QED) is 0.567. The van der Waals surface area contributed by atoms with Crippen LogP contribution in [0.1, 0.15) is 22.7 Å². The maximum atomic E-state index is 11.4. The summed E-state index contributed by atoms with van der Waals surface area (Å²) in [5.41, 5.74) is 6.39. The summed E-state index contributed by atoms with van der Waals surface area (Å²) in [6, 6.07) is 21.1. The summed E-state index contributed by atoms with van der Waals surface area (Å²) in [5.74, 6) is 1.19. The average molecular weight is 385 g/mol. The molecule has 29 heavy (non-hydrogen) atoms. The third-order valence-electron chi connectivity index (χ3n) is 5.76. The number of aromatic hydroxyl groups is 1. The summed E-state index contributed by atoms with van der Waals surface area (Å²) in [6.45, 7) is 4.80. The Morgan fingerprint density at radius 2 is 1.55 bits per heavy atom. The predicted molar refractivity (Wildman–Crippen MR) is 116 cm³/mol. The molecule has 5 rings (SSSR count). The molecule has 0 radical (unpaired) electrons. The van der Waals surface area contributed by atoms with Gasteiger partial charge in [0.25, 0.3) is 0 Å². The topological polar surface area (TPSA) is 59.0 Å². The smallest absolute Gasteiger partial charge is 0.160 e. The number of nitrogens with one attached hydrogen (secondary N) is 1. The van der Waals surface area contributed by atoms with E-state index in [2.05, 4.69) is 53.2 Å². The fourth-order valence-electron chi connectivity index (χ4n) is 4.44. The summed E-state index contributed by atoms with van der Waals surface area (Å²) in [5, 5.41) is 24.5. The van der Waals surface area contributed by atoms with E-state index in [1.54, 1.807) is 12.1 Å². The van der Waals surface area contributed by atoms with Crippen LogP contribution in [0.25, 0.3) is 0 Å². The predicted octanol–water partition coefficient (Wildman–Crippen LogP) is 5.19. The monoisotopic (exact) mass is 385 g/mol. The minimum Gasteiger partial charge on any atom is -0.508 e. The van der Waals surface area contributed by atoms with E-state index in [-0.39, 0.29) is 17.6 Å². The van der Waals surface area contributed by atoms with Crippen molar-refractivity contribution < 1.29 is 10.2 Å². The van der Waals surface area contributed by atoms with Crippen molar-refractivity contribution in [2.24, 2.45) is 0 Å². The highest BCUT2D eigenvalue weighted by Gasteiger charge is 2.40. The molecule has 2 heterocycles. The van der Waals surface area contributed by atoms with Gasteiger partial charge in [0, 0.05) is 5.69 Å². The second kappa shape index (κ2) is 6.48. The van der Waals surface area contributed by atoms with E-state index >= 15 is 0 Å². The van der Waals surface area contributed by atoms with Crippen molar-refractivity contribution in [3.63, 3.8) is 0 Å². The zero-order valence-electron chi connectivity index (χ0n) is 16.4. The molecule has 0 saturated heterocycles. The molecule has 0 bridgehead atoms. The number of nitrogens with zero attached hydrogens (tertiary/aromatic N) is 2. The molecule has 2 aliphatic heterocycles. The summed E-state index contributed by atoms with van der Waals surface area (Å²) >= 11 is 0. The molecule has 0 saturated carbocycles. The van der Waals surface area contributed by atoms with Gasteiger partial charge in [0.15, 0.2) is 11.6 Å². The van der Waals surface area contributed by atoms with Crippen LogP contribution < -0.4 is 15.1 Å². The van der Waals surface area contributed by atoms with Crippen LogP contribution in [0.2, 0.25) is 0 Å². The second-order valence-electron chi connectivity index (χ2n) is 7.65. The Morgan fingerprint density at radius 3 is 2.28 bits per heavy atom. The van der Waals surface area contributed by atoms with E-state index in [1.807, 2.05) is 30.3 Å². The summed E-state index contributed by atoms with van der Waals surface area (Å²) in [4.78, 5) is 4.35. The van der Waals surface area contributed by atoms with Crippen molar-refractivity contribution in [2.75, 3.05) is 21.8 Å². The Kier molecular flexibility index (Phi) is 3.91. The molecule has 0 fully saturated rings. The molecule has 0 aromatic heterocycles. The van der Waals surface area contributed by atoms with Crippen LogP contribution in [0.15, 0.2) is 78.3 Å². The van der Waals surface area contributed by atoms with Crippen molar-refractivity contribution >= 4 is 17.1 Å². The number of phenolic OH excluding ortho intramolecular Hbond substituents is 1. The summed E-state index contributed by atoms with van der Waals surface area (Å²) in [7, 11) is 0. The first kappa shape index (κ1) is 17.5. The summed E-state index contributed by atoms with van der Waals surface area (Å²) < 4.78 is 0. The van der Waals surface area contributed by atoms with Gasteiger partial charge < -0.3 is 25.3 Å². The minimum absolute atomic E-state index is 0.211. The molecule has 3 aromatic carbocycles. The lowest BCUT2D eigenvalue weighted by atomic mass is 9.98. The largest absolute Gasteiger partial charge is 0.508 e. The molecule has 0 aliphatic carbocycles. The van der Waals surface area contributed by atoms with E-state index in [1.165, 1.54) is 0 Å². The highest BCUT2D eigenvalue weighted by atomic mass is 16.3. The third kappa shape index (κ3) is 2.70. The fraction of sp³-hybridized carbons (Fsp3) is 0.167. The van der Waals surface area contributed by atoms with E-state index in [4.69, 9.17) is 0 Å². The first-order valence-corrected chi connectivity index (χ1v) is 9.73. The number of rotatable bonds is 2. The molecule has 5 heteroatoms. The number of fused-ring (bicyclic) bond motifs is 3. The lowest BCUT2D eigenvalue weighted by molar-refractivity contribution is 0.342. The lowest BCUT2D eigenvalue weighted by Crippen LogP contribution is -2.46. The summed E-state index contributed by atoms with van der Waals surface area (Å²) in [6.07, 6.45) is 0. The highest BCUT2D eigenvalue weighted by molar-refractivity contribution is 5.83. The molecule has 1 atom stereocenters. The SMILES string of the molecule is Cc1cccc(C)c1N1CN2C(=C(O)[C@H]1c1ccc(O)cc1)Nc1ccccc12. The molecule has 146 valence electrons. The zero-order chi connectivity index (χ0) is 20.1. The molecule has 0 spiro atoms. The maximum absolute atomic E-state index is 11.4. The minimum atomic E-state index is -0.358. The molecule has 0 amide bonds. The van der Waals surface area contributed by atoms with Gasteiger partial charge >= 0.3 is 0 Å². The van der Waals surface area contributed by atoms with Crippen LogP contribution in [0, 0.1) is 13.8 Å². The first-order chi connectivity index (χ1) is 14.0. The van der Waals surface area contributed by atoms with Crippen LogP contribution >= 0.6 is 0 Å². The van der Waals surface area contributed by atoms with Crippen molar-refractivity contribution in [3.8, 4) is 5.75 Å². The van der Waals surface area contributed by atoms with Crippen molar-refractivity contribution in [1.29, 1.82) is 0 Å². The number of para-hydroxylation sites is 3. The molecule has 3 aromatic rings. The zero-order valence-corrected chi connectivity index (χ0v) is 16.4. The molecule has 0 unspecified atom stereocenters. The third-order valence-corrected chi connectivity index (χ3v) is 5.76. The van der Waals surface area contributed by atoms with Crippen LogP contribution in [0.4, 0.5) is 17.1 Å². The normalized spacial score (nSPS) is 17.8. The maximum Gasteiger partial charge on any atom is 0.160 e. The average Bonchev–Trinajstić information content (AvgIpc) is 3.08. The van der Waals surface area contributed by atoms with Gasteiger partial charge in [0.1, 0.15) is 11.8 Å². The Morgan fingerprint density at radius 1 is 0.862 bits per heavy atom. The van der Waals surface area contributed by atoms with Crippen molar-refractivity contribution in [3.05, 3.63) is 95.0 Å². The Bertz CT molecular complexity index is 1100.